The summed E-state index contributed by atoms with van der Waals surface area (Å²) < 4.78 is 15.7. The summed E-state index contributed by atoms with van der Waals surface area (Å²) in [6, 6.07) is 55.4. The number of hydrogen-bond donors (Lipinski definition) is 0. The van der Waals surface area contributed by atoms with Crippen molar-refractivity contribution in [1.29, 1.82) is 5.26 Å². The minimum Gasteiger partial charge on any atom is -0.455 e. The number of nitriles is 1. The van der Waals surface area contributed by atoms with Gasteiger partial charge < -0.3 is 13.4 Å². The second-order valence-corrected chi connectivity index (χ2v) is 13.2. The zero-order chi connectivity index (χ0) is 35.0. The van der Waals surface area contributed by atoms with Gasteiger partial charge in [0.25, 0.3) is 0 Å². The molecule has 0 fully saturated rings. The molecule has 4 heterocycles. The average molecular weight is 679 g/mol. The molecule has 0 spiro atoms. The molecule has 0 radical (unpaired) electrons. The third kappa shape index (κ3) is 4.25. The molecule has 0 saturated heterocycles. The van der Waals surface area contributed by atoms with Crippen LogP contribution in [0.4, 0.5) is 0 Å². The normalized spacial score (nSPS) is 11.8. The van der Waals surface area contributed by atoms with E-state index in [2.05, 4.69) is 71.3 Å². The summed E-state index contributed by atoms with van der Waals surface area (Å²) >= 11 is 0. The molecular weight excluding hydrogens is 653 g/mol. The van der Waals surface area contributed by atoms with Gasteiger partial charge in [-0.15, -0.1) is 0 Å². The van der Waals surface area contributed by atoms with Gasteiger partial charge in [-0.1, -0.05) is 115 Å². The summed E-state index contributed by atoms with van der Waals surface area (Å²) in [5.41, 5.74) is 10.2. The highest BCUT2D eigenvalue weighted by molar-refractivity contribution is 6.25. The van der Waals surface area contributed by atoms with Crippen molar-refractivity contribution >= 4 is 65.7 Å². The number of hydrogen-bond acceptors (Lipinski definition) is 5. The molecule has 4 aromatic heterocycles. The van der Waals surface area contributed by atoms with Crippen LogP contribution < -0.4 is 0 Å². The lowest BCUT2D eigenvalue weighted by Crippen LogP contribution is -2.02. The lowest BCUT2D eigenvalue weighted by atomic mass is 9.99. The topological polar surface area (TPSA) is 80.8 Å². The van der Waals surface area contributed by atoms with Gasteiger partial charge in [0, 0.05) is 32.7 Å². The largest absolute Gasteiger partial charge is 0.455 e. The van der Waals surface area contributed by atoms with E-state index in [0.717, 1.165) is 82.5 Å². The quantitative estimate of drug-likeness (QED) is 0.185. The van der Waals surface area contributed by atoms with Crippen LogP contribution in [0, 0.1) is 11.3 Å². The number of nitrogens with zero attached hydrogens (tertiary/aromatic N) is 4. The van der Waals surface area contributed by atoms with Gasteiger partial charge in [0.15, 0.2) is 5.82 Å². The van der Waals surface area contributed by atoms with E-state index in [1.54, 1.807) is 0 Å². The smallest absolute Gasteiger partial charge is 0.164 e. The van der Waals surface area contributed by atoms with Gasteiger partial charge in [-0.3, -0.25) is 0 Å². The highest BCUT2D eigenvalue weighted by Crippen LogP contribution is 2.45. The molecule has 246 valence electrons. The molecule has 11 rings (SSSR count). The van der Waals surface area contributed by atoms with Crippen molar-refractivity contribution in [3.63, 3.8) is 0 Å². The van der Waals surface area contributed by atoms with E-state index < -0.39 is 0 Å². The summed E-state index contributed by atoms with van der Waals surface area (Å²) in [7, 11) is 0. The van der Waals surface area contributed by atoms with E-state index in [4.69, 9.17) is 18.8 Å². The molecule has 0 aliphatic carbocycles. The van der Waals surface area contributed by atoms with Crippen LogP contribution >= 0.6 is 0 Å². The zero-order valence-corrected chi connectivity index (χ0v) is 28.1. The van der Waals surface area contributed by atoms with Gasteiger partial charge in [-0.2, -0.15) is 5.26 Å². The maximum absolute atomic E-state index is 10.5. The Bertz CT molecular complexity index is 3230. The first kappa shape index (κ1) is 29.3. The van der Waals surface area contributed by atoms with Crippen molar-refractivity contribution in [2.24, 2.45) is 0 Å². The van der Waals surface area contributed by atoms with Crippen LogP contribution in [0.25, 0.3) is 105 Å². The van der Waals surface area contributed by atoms with Crippen molar-refractivity contribution in [2.45, 2.75) is 0 Å². The monoisotopic (exact) mass is 678 g/mol. The predicted octanol–water partition coefficient (Wildman–Crippen LogP) is 12.2. The number of furan rings is 2. The van der Waals surface area contributed by atoms with Crippen molar-refractivity contribution in [3.8, 4) is 45.7 Å². The van der Waals surface area contributed by atoms with Crippen LogP contribution in [0.1, 0.15) is 5.56 Å². The minimum absolute atomic E-state index is 0.422. The number of rotatable bonds is 4. The third-order valence-electron chi connectivity index (χ3n) is 10.3. The van der Waals surface area contributed by atoms with E-state index >= 15 is 0 Å². The summed E-state index contributed by atoms with van der Waals surface area (Å²) in [4.78, 5) is 10.2. The standard InChI is InChI=1S/C47H26N4O2/c48-27-35-43(28-13-3-1-4-14-28)49-47(50-44(35)29-15-5-2-6-16-29)34-24-26-38(42-33-19-9-12-22-40(33)53-46(34)42)51-36-20-10-7-18-32(36)41-37(51)25-23-31-30-17-8-11-21-39(30)52-45(31)41/h1-26H. The number of para-hydroxylation sites is 3. The molecule has 0 N–H and O–H groups in total. The van der Waals surface area contributed by atoms with Gasteiger partial charge in [0.05, 0.1) is 44.4 Å². The van der Waals surface area contributed by atoms with Crippen molar-refractivity contribution < 1.29 is 8.83 Å². The minimum atomic E-state index is 0.422. The summed E-state index contributed by atoms with van der Waals surface area (Å²) in [5, 5.41) is 16.8. The maximum atomic E-state index is 10.5. The molecular formula is C47H26N4O2. The molecule has 0 aliphatic heterocycles. The highest BCUT2D eigenvalue weighted by atomic mass is 16.3. The number of fused-ring (bicyclic) bond motifs is 10. The molecule has 0 unspecified atom stereocenters. The molecule has 11 aromatic rings. The lowest BCUT2D eigenvalue weighted by molar-refractivity contribution is 0.669. The van der Waals surface area contributed by atoms with Crippen molar-refractivity contribution in [1.82, 2.24) is 14.5 Å². The predicted molar refractivity (Wildman–Crippen MR) is 212 cm³/mol. The fourth-order valence-electron chi connectivity index (χ4n) is 7.96. The van der Waals surface area contributed by atoms with Crippen LogP contribution in [0.3, 0.4) is 0 Å². The molecule has 7 aromatic carbocycles. The maximum Gasteiger partial charge on any atom is 0.164 e. The molecule has 0 amide bonds. The Labute approximate surface area is 302 Å². The lowest BCUT2D eigenvalue weighted by Gasteiger charge is -2.14. The van der Waals surface area contributed by atoms with Crippen molar-refractivity contribution in [3.05, 3.63) is 163 Å². The number of benzene rings is 7. The first-order chi connectivity index (χ1) is 26.3. The summed E-state index contributed by atoms with van der Waals surface area (Å²) in [6.45, 7) is 0. The van der Waals surface area contributed by atoms with E-state index in [-0.39, 0.29) is 0 Å². The van der Waals surface area contributed by atoms with Gasteiger partial charge in [0.1, 0.15) is 34.0 Å². The second kappa shape index (κ2) is 11.3. The fraction of sp³-hybridized carbons (Fsp3) is 0. The van der Waals surface area contributed by atoms with E-state index in [1.807, 2.05) is 97.1 Å². The fourth-order valence-corrected chi connectivity index (χ4v) is 7.96. The average Bonchev–Trinajstić information content (AvgIpc) is 3.91. The second-order valence-electron chi connectivity index (χ2n) is 13.2. The molecule has 53 heavy (non-hydrogen) atoms. The van der Waals surface area contributed by atoms with E-state index in [0.29, 0.717) is 28.4 Å². The Morgan fingerprint density at radius 3 is 1.75 bits per heavy atom. The Morgan fingerprint density at radius 2 is 1.06 bits per heavy atom. The van der Waals surface area contributed by atoms with Crippen LogP contribution in [-0.2, 0) is 0 Å². The zero-order valence-electron chi connectivity index (χ0n) is 28.1. The van der Waals surface area contributed by atoms with Crippen molar-refractivity contribution in [2.75, 3.05) is 0 Å². The molecule has 0 aliphatic rings. The third-order valence-corrected chi connectivity index (χ3v) is 10.3. The highest BCUT2D eigenvalue weighted by Gasteiger charge is 2.25. The van der Waals surface area contributed by atoms with Gasteiger partial charge in [0.2, 0.25) is 0 Å². The molecule has 6 heteroatoms. The van der Waals surface area contributed by atoms with E-state index in [9.17, 15) is 5.26 Å². The molecule has 0 atom stereocenters. The SMILES string of the molecule is N#Cc1c(-c2ccccc2)nc(-c2ccc(-n3c4ccccc4c4c5oc6ccccc6c5ccc43)c3c2oc2ccccc23)nc1-c1ccccc1. The first-order valence-electron chi connectivity index (χ1n) is 17.5. The van der Waals surface area contributed by atoms with E-state index in [1.165, 1.54) is 0 Å². The Balaban J connectivity index is 1.24. The summed E-state index contributed by atoms with van der Waals surface area (Å²) in [5.74, 6) is 0.475. The van der Waals surface area contributed by atoms with Gasteiger partial charge >= 0.3 is 0 Å². The van der Waals surface area contributed by atoms with Crippen LogP contribution in [0.2, 0.25) is 0 Å². The number of aromatic nitrogens is 3. The van der Waals surface area contributed by atoms with Gasteiger partial charge in [-0.05, 0) is 42.5 Å². The Kier molecular flexibility index (Phi) is 6.22. The van der Waals surface area contributed by atoms with Crippen LogP contribution in [0.15, 0.2) is 167 Å². The molecule has 6 nitrogen and oxygen atoms in total. The first-order valence-corrected chi connectivity index (χ1v) is 17.5. The Hall–Kier alpha value is -7.49. The van der Waals surface area contributed by atoms with Crippen LogP contribution in [0.5, 0.6) is 0 Å². The molecule has 0 saturated carbocycles. The Morgan fingerprint density at radius 1 is 0.472 bits per heavy atom. The van der Waals surface area contributed by atoms with Gasteiger partial charge in [-0.25, -0.2) is 9.97 Å². The molecule has 0 bridgehead atoms. The van der Waals surface area contributed by atoms with Crippen LogP contribution in [-0.4, -0.2) is 14.5 Å². The summed E-state index contributed by atoms with van der Waals surface area (Å²) in [6.07, 6.45) is 0.